The number of oxime groups is 1. The molecular weight excluding hydrogens is 315 g/mol. The summed E-state index contributed by atoms with van der Waals surface area (Å²) >= 11 is 3.01. The Bertz CT molecular complexity index is 448. The summed E-state index contributed by atoms with van der Waals surface area (Å²) in [5.41, 5.74) is 4.80. The van der Waals surface area contributed by atoms with Crippen molar-refractivity contribution < 1.29 is 18.4 Å². The molecular formula is C10H11BrF3N3O. The second-order valence-corrected chi connectivity index (χ2v) is 4.41. The van der Waals surface area contributed by atoms with Gasteiger partial charge in [0.05, 0.1) is 5.56 Å². The first-order valence-corrected chi connectivity index (χ1v) is 5.70. The average molecular weight is 326 g/mol. The van der Waals surface area contributed by atoms with Gasteiger partial charge in [-0.25, -0.2) is 0 Å². The summed E-state index contributed by atoms with van der Waals surface area (Å²) in [6.07, 6.45) is -4.17. The second kappa shape index (κ2) is 5.94. The largest absolute Gasteiger partial charge is 0.416 e. The third-order valence-electron chi connectivity index (χ3n) is 2.06. The maximum absolute atomic E-state index is 12.5. The van der Waals surface area contributed by atoms with Crippen molar-refractivity contribution in [3.8, 4) is 0 Å². The van der Waals surface area contributed by atoms with E-state index >= 15 is 0 Å². The van der Waals surface area contributed by atoms with E-state index in [1.54, 1.807) is 0 Å². The van der Waals surface area contributed by atoms with Gasteiger partial charge in [0, 0.05) is 23.1 Å². The van der Waals surface area contributed by atoms with Crippen LogP contribution in [-0.2, 0) is 6.18 Å². The number of nitrogens with zero attached hydrogens (tertiary/aromatic N) is 1. The minimum absolute atomic E-state index is 0.00791. The predicted molar refractivity (Wildman–Crippen MR) is 65.7 cm³/mol. The van der Waals surface area contributed by atoms with Crippen molar-refractivity contribution >= 4 is 27.5 Å². The first-order valence-electron chi connectivity index (χ1n) is 4.91. The summed E-state index contributed by atoms with van der Waals surface area (Å²) in [7, 11) is 0. The molecule has 0 saturated carbocycles. The van der Waals surface area contributed by atoms with Crippen LogP contribution in [0.25, 0.3) is 0 Å². The highest BCUT2D eigenvalue weighted by Crippen LogP contribution is 2.33. The van der Waals surface area contributed by atoms with Gasteiger partial charge in [0.1, 0.15) is 5.84 Å². The first-order chi connectivity index (χ1) is 8.32. The van der Waals surface area contributed by atoms with Crippen molar-refractivity contribution in [2.75, 3.05) is 11.9 Å². The number of benzene rings is 1. The lowest BCUT2D eigenvalue weighted by atomic mass is 10.2. The van der Waals surface area contributed by atoms with Gasteiger partial charge in [-0.05, 0) is 18.2 Å². The zero-order chi connectivity index (χ0) is 13.8. The van der Waals surface area contributed by atoms with E-state index in [1.165, 1.54) is 6.07 Å². The van der Waals surface area contributed by atoms with Crippen LogP contribution in [0, 0.1) is 0 Å². The van der Waals surface area contributed by atoms with E-state index in [-0.39, 0.29) is 18.8 Å². The highest BCUT2D eigenvalue weighted by atomic mass is 79.9. The first kappa shape index (κ1) is 14.6. The van der Waals surface area contributed by atoms with E-state index in [9.17, 15) is 13.2 Å². The van der Waals surface area contributed by atoms with Crippen LogP contribution in [0.3, 0.4) is 0 Å². The van der Waals surface area contributed by atoms with Gasteiger partial charge in [-0.2, -0.15) is 13.2 Å². The van der Waals surface area contributed by atoms with Gasteiger partial charge >= 0.3 is 6.18 Å². The molecule has 0 amide bonds. The Morgan fingerprint density at radius 3 is 2.61 bits per heavy atom. The van der Waals surface area contributed by atoms with Crippen molar-refractivity contribution in [3.05, 3.63) is 28.2 Å². The molecule has 0 heterocycles. The topological polar surface area (TPSA) is 70.6 Å². The zero-order valence-corrected chi connectivity index (χ0v) is 10.7. The van der Waals surface area contributed by atoms with Crippen molar-refractivity contribution in [1.29, 1.82) is 0 Å². The quantitative estimate of drug-likeness (QED) is 0.345. The molecule has 100 valence electrons. The van der Waals surface area contributed by atoms with E-state index in [0.29, 0.717) is 10.2 Å². The van der Waals surface area contributed by atoms with Crippen LogP contribution in [-0.4, -0.2) is 17.6 Å². The summed E-state index contributed by atoms with van der Waals surface area (Å²) < 4.78 is 37.9. The highest BCUT2D eigenvalue weighted by Gasteiger charge is 2.31. The Balaban J connectivity index is 2.75. The Morgan fingerprint density at radius 1 is 1.39 bits per heavy atom. The molecule has 0 atom stereocenters. The monoisotopic (exact) mass is 325 g/mol. The van der Waals surface area contributed by atoms with Gasteiger partial charge in [0.25, 0.3) is 0 Å². The van der Waals surface area contributed by atoms with Crippen molar-refractivity contribution in [1.82, 2.24) is 0 Å². The molecule has 0 saturated heterocycles. The maximum atomic E-state index is 12.5. The number of halogens is 4. The maximum Gasteiger partial charge on any atom is 0.416 e. The van der Waals surface area contributed by atoms with Gasteiger partial charge in [0.15, 0.2) is 0 Å². The summed E-state index contributed by atoms with van der Waals surface area (Å²) in [4.78, 5) is 0. The SMILES string of the molecule is NC(CCNc1cc(Br)cc(C(F)(F)F)c1)=NO. The molecule has 1 aromatic carbocycles. The molecule has 18 heavy (non-hydrogen) atoms. The van der Waals surface area contributed by atoms with E-state index in [4.69, 9.17) is 10.9 Å². The lowest BCUT2D eigenvalue weighted by molar-refractivity contribution is -0.137. The standard InChI is InChI=1S/C10H11BrF3N3O/c11-7-3-6(10(12,13)14)4-8(5-7)16-2-1-9(15)17-18/h3-5,16,18H,1-2H2,(H2,15,17). The third-order valence-corrected chi connectivity index (χ3v) is 2.52. The molecule has 0 fully saturated rings. The van der Waals surface area contributed by atoms with E-state index < -0.39 is 11.7 Å². The number of nitrogens with one attached hydrogen (secondary N) is 1. The number of alkyl halides is 3. The fourth-order valence-corrected chi connectivity index (χ4v) is 1.73. The van der Waals surface area contributed by atoms with Crippen LogP contribution < -0.4 is 11.1 Å². The molecule has 1 aromatic rings. The van der Waals surface area contributed by atoms with Crippen LogP contribution in [0.5, 0.6) is 0 Å². The molecule has 1 rings (SSSR count). The van der Waals surface area contributed by atoms with Gasteiger partial charge < -0.3 is 16.3 Å². The van der Waals surface area contributed by atoms with Gasteiger partial charge in [-0.3, -0.25) is 0 Å². The lowest BCUT2D eigenvalue weighted by Gasteiger charge is -2.11. The highest BCUT2D eigenvalue weighted by molar-refractivity contribution is 9.10. The molecule has 4 nitrogen and oxygen atoms in total. The van der Waals surface area contributed by atoms with E-state index in [0.717, 1.165) is 12.1 Å². The molecule has 0 aromatic heterocycles. The minimum atomic E-state index is -4.40. The Hall–Kier alpha value is -1.44. The summed E-state index contributed by atoms with van der Waals surface area (Å²) in [5, 5.41) is 13.8. The van der Waals surface area contributed by atoms with Gasteiger partial charge in [-0.1, -0.05) is 21.1 Å². The number of amidine groups is 1. The molecule has 0 aliphatic carbocycles. The Kier molecular flexibility index (Phi) is 4.83. The molecule has 0 unspecified atom stereocenters. The molecule has 8 heteroatoms. The van der Waals surface area contributed by atoms with Gasteiger partial charge in [-0.15, -0.1) is 0 Å². The average Bonchev–Trinajstić information content (AvgIpc) is 2.27. The van der Waals surface area contributed by atoms with Crippen molar-refractivity contribution in [3.63, 3.8) is 0 Å². The van der Waals surface area contributed by atoms with Gasteiger partial charge in [0.2, 0.25) is 0 Å². The van der Waals surface area contributed by atoms with Crippen LogP contribution in [0.2, 0.25) is 0 Å². The fourth-order valence-electron chi connectivity index (χ4n) is 1.24. The normalized spacial score (nSPS) is 12.6. The van der Waals surface area contributed by atoms with Crippen LogP contribution in [0.1, 0.15) is 12.0 Å². The number of nitrogens with two attached hydrogens (primary N) is 1. The van der Waals surface area contributed by atoms with Crippen molar-refractivity contribution in [2.24, 2.45) is 10.9 Å². The zero-order valence-electron chi connectivity index (χ0n) is 9.13. The summed E-state index contributed by atoms with van der Waals surface area (Å²) in [5.74, 6) is 0.00791. The number of rotatable bonds is 4. The van der Waals surface area contributed by atoms with E-state index in [2.05, 4.69) is 26.4 Å². The third kappa shape index (κ3) is 4.44. The second-order valence-electron chi connectivity index (χ2n) is 3.49. The van der Waals surface area contributed by atoms with Crippen LogP contribution >= 0.6 is 15.9 Å². The van der Waals surface area contributed by atoms with Crippen LogP contribution in [0.4, 0.5) is 18.9 Å². The Labute approximate surface area is 110 Å². The van der Waals surface area contributed by atoms with Crippen molar-refractivity contribution in [2.45, 2.75) is 12.6 Å². The lowest BCUT2D eigenvalue weighted by Crippen LogP contribution is -2.16. The molecule has 0 bridgehead atoms. The fraction of sp³-hybridized carbons (Fsp3) is 0.300. The van der Waals surface area contributed by atoms with Crippen LogP contribution in [0.15, 0.2) is 27.8 Å². The smallest absolute Gasteiger partial charge is 0.409 e. The summed E-state index contributed by atoms with van der Waals surface area (Å²) in [6, 6.07) is 3.51. The molecule has 0 radical (unpaired) electrons. The minimum Gasteiger partial charge on any atom is -0.409 e. The molecule has 0 spiro atoms. The number of hydrogen-bond acceptors (Lipinski definition) is 3. The Morgan fingerprint density at radius 2 is 2.06 bits per heavy atom. The summed E-state index contributed by atoms with van der Waals surface area (Å²) in [6.45, 7) is 0.268. The molecule has 0 aliphatic rings. The number of hydrogen-bond donors (Lipinski definition) is 3. The molecule has 0 aliphatic heterocycles. The molecule has 4 N–H and O–H groups in total. The van der Waals surface area contributed by atoms with E-state index in [1.807, 2.05) is 0 Å². The predicted octanol–water partition coefficient (Wildman–Crippen LogP) is 3.02. The number of anilines is 1.